The molecule has 0 aromatic heterocycles. The number of aromatic hydroxyl groups is 1. The zero-order valence-corrected chi connectivity index (χ0v) is 19.5. The Morgan fingerprint density at radius 1 is 0.839 bits per heavy atom. The van der Waals surface area contributed by atoms with E-state index in [1.54, 1.807) is 50.2 Å². The number of hydrogen-bond acceptors (Lipinski definition) is 5. The molecule has 0 aliphatic carbocycles. The van der Waals surface area contributed by atoms with Crippen molar-refractivity contribution in [3.63, 3.8) is 0 Å². The fourth-order valence-electron chi connectivity index (χ4n) is 3.01. The molecule has 3 rings (SSSR count). The summed E-state index contributed by atoms with van der Waals surface area (Å²) in [6.45, 7) is 3.32. The van der Waals surface area contributed by atoms with Gasteiger partial charge in [0.15, 0.2) is 0 Å². The summed E-state index contributed by atoms with van der Waals surface area (Å²) in [5.41, 5.74) is 1.47. The van der Waals surface area contributed by atoms with Crippen LogP contribution in [0.1, 0.15) is 11.1 Å². The first-order chi connectivity index (χ1) is 14.4. The highest BCUT2D eigenvalue weighted by molar-refractivity contribution is 7.93. The van der Waals surface area contributed by atoms with E-state index >= 15 is 0 Å². The predicted octanol–water partition coefficient (Wildman–Crippen LogP) is 4.49. The van der Waals surface area contributed by atoms with Crippen molar-refractivity contribution in [2.75, 3.05) is 4.31 Å². The van der Waals surface area contributed by atoms with Gasteiger partial charge in [-0.25, -0.2) is 26.3 Å². The summed E-state index contributed by atoms with van der Waals surface area (Å²) < 4.78 is 52.2. The summed E-state index contributed by atoms with van der Waals surface area (Å²) >= 11 is 12.5. The van der Waals surface area contributed by atoms with Crippen LogP contribution in [-0.4, -0.2) is 21.9 Å². The molecular weight excluding hydrogens is 483 g/mol. The highest BCUT2D eigenvalue weighted by Gasteiger charge is 2.31. The zero-order valence-electron chi connectivity index (χ0n) is 16.4. The number of rotatable bonds is 5. The van der Waals surface area contributed by atoms with Gasteiger partial charge in [0.05, 0.1) is 16.3 Å². The largest absolute Gasteiger partial charge is 0.507 e. The molecule has 3 N–H and O–H groups in total. The van der Waals surface area contributed by atoms with E-state index in [0.29, 0.717) is 21.2 Å². The van der Waals surface area contributed by atoms with Crippen LogP contribution in [-0.2, 0) is 20.0 Å². The molecule has 0 fully saturated rings. The third-order valence-electron chi connectivity index (χ3n) is 4.69. The molecule has 7 nitrogen and oxygen atoms in total. The zero-order chi connectivity index (χ0) is 23.1. The normalized spacial score (nSPS) is 12.0. The van der Waals surface area contributed by atoms with Crippen molar-refractivity contribution in [3.8, 4) is 5.75 Å². The van der Waals surface area contributed by atoms with Gasteiger partial charge in [-0.3, -0.25) is 0 Å². The summed E-state index contributed by atoms with van der Waals surface area (Å²) in [4.78, 5) is -1.10. The molecule has 0 radical (unpaired) electrons. The molecule has 0 aliphatic rings. The summed E-state index contributed by atoms with van der Waals surface area (Å²) in [6, 6.07) is 12.4. The first-order valence-corrected chi connectivity index (χ1v) is 12.5. The number of phenolic OH excluding ortho intramolecular Hbond substituents is 1. The fourth-order valence-corrected chi connectivity index (χ4v) is 5.70. The minimum Gasteiger partial charge on any atom is -0.507 e. The Balaban J connectivity index is 2.37. The van der Waals surface area contributed by atoms with E-state index in [0.717, 1.165) is 22.5 Å². The lowest BCUT2D eigenvalue weighted by atomic mass is 10.1. The molecule has 31 heavy (non-hydrogen) atoms. The van der Waals surface area contributed by atoms with Gasteiger partial charge in [-0.15, -0.1) is 0 Å². The van der Waals surface area contributed by atoms with Gasteiger partial charge in [0, 0.05) is 10.0 Å². The number of phenols is 1. The molecule has 0 saturated carbocycles. The maximum atomic E-state index is 13.8. The van der Waals surface area contributed by atoms with E-state index < -0.39 is 35.6 Å². The number of halogens is 2. The first kappa shape index (κ1) is 23.4. The van der Waals surface area contributed by atoms with E-state index in [9.17, 15) is 21.9 Å². The Kier molecular flexibility index (Phi) is 6.28. The molecule has 0 bridgehead atoms. The Labute approximate surface area is 190 Å². The average molecular weight is 501 g/mol. The number of anilines is 2. The van der Waals surface area contributed by atoms with Crippen molar-refractivity contribution in [2.24, 2.45) is 5.14 Å². The van der Waals surface area contributed by atoms with Gasteiger partial charge in [0.2, 0.25) is 10.0 Å². The van der Waals surface area contributed by atoms with E-state index in [4.69, 9.17) is 28.3 Å². The Hall–Kier alpha value is -2.30. The van der Waals surface area contributed by atoms with Gasteiger partial charge in [-0.2, -0.15) is 0 Å². The van der Waals surface area contributed by atoms with Crippen molar-refractivity contribution in [1.29, 1.82) is 0 Å². The Bertz CT molecular complexity index is 1340. The Morgan fingerprint density at radius 3 is 1.77 bits per heavy atom. The quantitative estimate of drug-likeness (QED) is 0.534. The second-order valence-corrected chi connectivity index (χ2v) is 10.8. The van der Waals surface area contributed by atoms with E-state index in [1.165, 1.54) is 0 Å². The fraction of sp³-hybridized carbons (Fsp3) is 0.100. The van der Waals surface area contributed by atoms with E-state index in [2.05, 4.69) is 0 Å². The third-order valence-corrected chi connectivity index (χ3v) is 8.17. The highest BCUT2D eigenvalue weighted by atomic mass is 35.5. The molecule has 0 unspecified atom stereocenters. The van der Waals surface area contributed by atoms with Crippen LogP contribution in [0.15, 0.2) is 64.4 Å². The number of benzene rings is 3. The van der Waals surface area contributed by atoms with Gasteiger partial charge in [-0.1, -0.05) is 35.3 Å². The lowest BCUT2D eigenvalue weighted by molar-refractivity contribution is 0.458. The topological polar surface area (TPSA) is 118 Å². The minimum absolute atomic E-state index is 0.253. The summed E-state index contributed by atoms with van der Waals surface area (Å²) in [5, 5.41) is 15.7. The van der Waals surface area contributed by atoms with Crippen LogP contribution in [0.2, 0.25) is 10.0 Å². The van der Waals surface area contributed by atoms with E-state index in [-0.39, 0.29) is 11.4 Å². The highest BCUT2D eigenvalue weighted by Crippen LogP contribution is 2.40. The molecule has 0 atom stereocenters. The molecule has 0 heterocycles. The minimum atomic E-state index is -4.40. The van der Waals surface area contributed by atoms with Crippen LogP contribution >= 0.6 is 23.2 Å². The number of nitrogens with two attached hydrogens (primary N) is 1. The number of nitrogens with zero attached hydrogens (tertiary/aromatic N) is 1. The summed E-state index contributed by atoms with van der Waals surface area (Å²) in [7, 11) is -8.78. The van der Waals surface area contributed by atoms with Gasteiger partial charge >= 0.3 is 0 Å². The van der Waals surface area contributed by atoms with Crippen LogP contribution in [0.5, 0.6) is 5.75 Å². The van der Waals surface area contributed by atoms with Crippen molar-refractivity contribution in [1.82, 2.24) is 0 Å². The molecule has 11 heteroatoms. The molecule has 0 saturated heterocycles. The summed E-state index contributed by atoms with van der Waals surface area (Å²) in [5.74, 6) is -0.661. The molecule has 0 aliphatic heterocycles. The van der Waals surface area contributed by atoms with Crippen molar-refractivity contribution in [2.45, 2.75) is 23.6 Å². The molecule has 3 aromatic rings. The lowest BCUT2D eigenvalue weighted by Crippen LogP contribution is -2.28. The van der Waals surface area contributed by atoms with Gasteiger partial charge < -0.3 is 5.11 Å². The second kappa shape index (κ2) is 8.33. The standard InChI is InChI=1S/C20H18Cl2N2O5S2/c1-12-15(21)5-3-7-17(12)24(18-8-4-6-16(22)13(18)2)31(28,29)14-9-10-19(25)20(11-14)30(23,26)27/h3-11,25H,1-2H3,(H2,23,26,27). The average Bonchev–Trinajstić information content (AvgIpc) is 2.67. The number of sulfonamides is 2. The molecular formula is C20H18Cl2N2O5S2. The monoisotopic (exact) mass is 500 g/mol. The molecule has 3 aromatic carbocycles. The third kappa shape index (κ3) is 4.37. The van der Waals surface area contributed by atoms with Crippen LogP contribution in [0.3, 0.4) is 0 Å². The maximum absolute atomic E-state index is 13.8. The van der Waals surface area contributed by atoms with Crippen LogP contribution in [0, 0.1) is 13.8 Å². The predicted molar refractivity (Wildman–Crippen MR) is 121 cm³/mol. The summed E-state index contributed by atoms with van der Waals surface area (Å²) in [6.07, 6.45) is 0. The number of primary sulfonamides is 1. The van der Waals surface area contributed by atoms with Gasteiger partial charge in [0.1, 0.15) is 10.6 Å². The Morgan fingerprint density at radius 2 is 1.32 bits per heavy atom. The van der Waals surface area contributed by atoms with Gasteiger partial charge in [0.25, 0.3) is 10.0 Å². The second-order valence-electron chi connectivity index (χ2n) is 6.71. The smallest absolute Gasteiger partial charge is 0.268 e. The maximum Gasteiger partial charge on any atom is 0.268 e. The molecule has 164 valence electrons. The van der Waals surface area contributed by atoms with Crippen molar-refractivity contribution >= 4 is 54.6 Å². The van der Waals surface area contributed by atoms with Crippen molar-refractivity contribution in [3.05, 3.63) is 75.8 Å². The number of hydrogen-bond donors (Lipinski definition) is 2. The van der Waals surface area contributed by atoms with Crippen LogP contribution in [0.25, 0.3) is 0 Å². The van der Waals surface area contributed by atoms with E-state index in [1.807, 2.05) is 0 Å². The van der Waals surface area contributed by atoms with Crippen LogP contribution in [0.4, 0.5) is 11.4 Å². The molecule has 0 amide bonds. The first-order valence-electron chi connectivity index (χ1n) is 8.77. The lowest BCUT2D eigenvalue weighted by Gasteiger charge is -2.28. The van der Waals surface area contributed by atoms with Crippen molar-refractivity contribution < 1.29 is 21.9 Å². The van der Waals surface area contributed by atoms with Crippen LogP contribution < -0.4 is 9.44 Å². The SMILES string of the molecule is Cc1c(Cl)cccc1N(c1cccc(Cl)c1C)S(=O)(=O)c1ccc(O)c(S(N)(=O)=O)c1. The molecule has 0 spiro atoms. The van der Waals surface area contributed by atoms with Gasteiger partial charge in [-0.05, 0) is 67.4 Å².